The summed E-state index contributed by atoms with van der Waals surface area (Å²) >= 11 is 1.59. The van der Waals surface area contributed by atoms with Crippen molar-refractivity contribution in [2.75, 3.05) is 6.54 Å². The SMILES string of the molecule is CC(C)(C)OC(=O)N[C@H]1C[C@@H](c2nnc([C@@H]3CCC4CN3C(=O)N4OCc3ccccc3)s2)C1. The molecule has 5 rings (SSSR count). The third-order valence-corrected chi connectivity index (χ3v) is 7.67. The predicted molar refractivity (Wildman–Crippen MR) is 126 cm³/mol. The highest BCUT2D eigenvalue weighted by Crippen LogP contribution is 2.43. The van der Waals surface area contributed by atoms with Crippen molar-refractivity contribution in [1.29, 1.82) is 0 Å². The fourth-order valence-electron chi connectivity index (χ4n) is 4.73. The number of rotatable bonds is 6. The molecule has 1 aliphatic carbocycles. The van der Waals surface area contributed by atoms with Gasteiger partial charge in [0.2, 0.25) is 0 Å². The van der Waals surface area contributed by atoms with E-state index < -0.39 is 5.60 Å². The lowest BCUT2D eigenvalue weighted by Crippen LogP contribution is -2.45. The first-order chi connectivity index (χ1) is 16.3. The average molecular weight is 486 g/mol. The van der Waals surface area contributed by atoms with Gasteiger partial charge in [0.1, 0.15) is 22.2 Å². The van der Waals surface area contributed by atoms with Crippen molar-refractivity contribution in [2.45, 2.75) is 82.7 Å². The Hall–Kier alpha value is -2.72. The quantitative estimate of drug-likeness (QED) is 0.652. The van der Waals surface area contributed by atoms with E-state index in [1.165, 1.54) is 0 Å². The summed E-state index contributed by atoms with van der Waals surface area (Å²) in [5, 5.41) is 15.2. The van der Waals surface area contributed by atoms with Crippen LogP contribution in [0.5, 0.6) is 0 Å². The first kappa shape index (κ1) is 23.0. The maximum atomic E-state index is 13.1. The van der Waals surface area contributed by atoms with Crippen LogP contribution < -0.4 is 5.32 Å². The molecule has 3 amide bonds. The van der Waals surface area contributed by atoms with Crippen LogP contribution in [0.1, 0.15) is 74.0 Å². The molecule has 2 saturated heterocycles. The topological polar surface area (TPSA) is 96.9 Å². The second kappa shape index (κ2) is 9.14. The van der Waals surface area contributed by atoms with Gasteiger partial charge < -0.3 is 15.0 Å². The Morgan fingerprint density at radius 1 is 1.15 bits per heavy atom. The molecule has 182 valence electrons. The lowest BCUT2D eigenvalue weighted by Gasteiger charge is -2.34. The number of carbonyl (C=O) groups excluding carboxylic acids is 2. The standard InChI is InChI=1S/C24H31N5O4S/c1-24(2,3)33-22(30)25-17-11-16(12-17)20-26-27-21(34-20)19-10-9-18-13-28(19)23(31)29(18)32-14-15-7-5-4-6-8-15/h4-8,16-19H,9-14H2,1-3H3,(H,25,30)/t16-,17+,18?,19-/m0/s1. The zero-order valence-electron chi connectivity index (χ0n) is 19.8. The summed E-state index contributed by atoms with van der Waals surface area (Å²) < 4.78 is 5.33. The Kier molecular flexibility index (Phi) is 6.20. The first-order valence-corrected chi connectivity index (χ1v) is 12.7. The summed E-state index contributed by atoms with van der Waals surface area (Å²) in [5.41, 5.74) is 0.534. The van der Waals surface area contributed by atoms with Gasteiger partial charge in [-0.05, 0) is 52.0 Å². The van der Waals surface area contributed by atoms with Crippen molar-refractivity contribution >= 4 is 23.5 Å². The number of fused-ring (bicyclic) bond motifs is 2. The maximum Gasteiger partial charge on any atom is 0.407 e. The van der Waals surface area contributed by atoms with Crippen LogP contribution >= 0.6 is 11.3 Å². The fourth-order valence-corrected chi connectivity index (χ4v) is 5.85. The molecule has 3 fully saturated rings. The molecule has 0 radical (unpaired) electrons. The van der Waals surface area contributed by atoms with Crippen LogP contribution in [-0.4, -0.2) is 56.5 Å². The zero-order chi connectivity index (χ0) is 23.9. The molecule has 2 atom stereocenters. The molecular formula is C24H31N5O4S. The summed E-state index contributed by atoms with van der Waals surface area (Å²) in [6.07, 6.45) is 3.00. The highest BCUT2D eigenvalue weighted by atomic mass is 32.1. The van der Waals surface area contributed by atoms with Crippen LogP contribution in [0.25, 0.3) is 0 Å². The average Bonchev–Trinajstić information content (AvgIpc) is 3.33. The zero-order valence-corrected chi connectivity index (χ0v) is 20.6. The third-order valence-electron chi connectivity index (χ3n) is 6.49. The smallest absolute Gasteiger partial charge is 0.407 e. The van der Waals surface area contributed by atoms with Crippen molar-refractivity contribution in [1.82, 2.24) is 25.5 Å². The molecule has 10 heteroatoms. The van der Waals surface area contributed by atoms with E-state index >= 15 is 0 Å². The molecule has 2 aliphatic heterocycles. The third kappa shape index (κ3) is 4.88. The Morgan fingerprint density at radius 3 is 2.62 bits per heavy atom. The predicted octanol–water partition coefficient (Wildman–Crippen LogP) is 4.38. The van der Waals surface area contributed by atoms with Gasteiger partial charge in [0, 0.05) is 18.5 Å². The van der Waals surface area contributed by atoms with Crippen molar-refractivity contribution in [3.8, 4) is 0 Å². The molecule has 9 nitrogen and oxygen atoms in total. The molecule has 1 aromatic heterocycles. The number of nitrogens with zero attached hydrogens (tertiary/aromatic N) is 4. The molecule has 0 spiro atoms. The van der Waals surface area contributed by atoms with Crippen molar-refractivity contribution < 1.29 is 19.2 Å². The molecule has 2 bridgehead atoms. The molecule has 1 N–H and O–H groups in total. The highest BCUT2D eigenvalue weighted by molar-refractivity contribution is 7.11. The number of hydrogen-bond donors (Lipinski definition) is 1. The second-order valence-corrected chi connectivity index (χ2v) is 11.3. The van der Waals surface area contributed by atoms with Crippen LogP contribution in [0.4, 0.5) is 9.59 Å². The number of alkyl carbamates (subject to hydrolysis) is 1. The minimum Gasteiger partial charge on any atom is -0.444 e. The number of carbonyl (C=O) groups is 2. The summed E-state index contributed by atoms with van der Waals surface area (Å²) in [6.45, 7) is 6.59. The summed E-state index contributed by atoms with van der Waals surface area (Å²) in [7, 11) is 0. The van der Waals surface area contributed by atoms with Crippen LogP contribution in [0.15, 0.2) is 30.3 Å². The van der Waals surface area contributed by atoms with Gasteiger partial charge in [-0.15, -0.1) is 10.2 Å². The minimum atomic E-state index is -0.504. The summed E-state index contributed by atoms with van der Waals surface area (Å²) in [5.74, 6) is 0.280. The number of hydrogen-bond acceptors (Lipinski definition) is 7. The fraction of sp³-hybridized carbons (Fsp3) is 0.583. The van der Waals surface area contributed by atoms with Gasteiger partial charge in [-0.3, -0.25) is 4.84 Å². The molecule has 3 aliphatic rings. The van der Waals surface area contributed by atoms with Gasteiger partial charge in [0.05, 0.1) is 12.1 Å². The van der Waals surface area contributed by atoms with E-state index in [1.807, 2.05) is 56.0 Å². The first-order valence-electron chi connectivity index (χ1n) is 11.9. The van der Waals surface area contributed by atoms with E-state index in [2.05, 4.69) is 15.5 Å². The largest absolute Gasteiger partial charge is 0.444 e. The molecule has 1 saturated carbocycles. The Balaban J connectivity index is 1.15. The monoisotopic (exact) mass is 485 g/mol. The number of amides is 3. The molecule has 1 aromatic carbocycles. The van der Waals surface area contributed by atoms with Gasteiger partial charge in [-0.25, -0.2) is 9.59 Å². The molecule has 3 heterocycles. The van der Waals surface area contributed by atoms with E-state index in [4.69, 9.17) is 9.57 Å². The van der Waals surface area contributed by atoms with Crippen molar-refractivity contribution in [3.63, 3.8) is 0 Å². The van der Waals surface area contributed by atoms with E-state index in [-0.39, 0.29) is 36.2 Å². The number of piperidine rings is 1. The highest BCUT2D eigenvalue weighted by Gasteiger charge is 2.47. The molecule has 34 heavy (non-hydrogen) atoms. The number of ether oxygens (including phenoxy) is 1. The van der Waals surface area contributed by atoms with Gasteiger partial charge in [-0.1, -0.05) is 41.7 Å². The van der Waals surface area contributed by atoms with Gasteiger partial charge in [0.15, 0.2) is 0 Å². The number of nitrogens with one attached hydrogen (secondary N) is 1. The summed E-state index contributed by atoms with van der Waals surface area (Å²) in [4.78, 5) is 32.8. The van der Waals surface area contributed by atoms with E-state index in [0.717, 1.165) is 41.3 Å². The maximum absolute atomic E-state index is 13.1. The summed E-state index contributed by atoms with van der Waals surface area (Å²) in [6, 6.07) is 9.90. The van der Waals surface area contributed by atoms with Gasteiger partial charge >= 0.3 is 12.1 Å². The number of aromatic nitrogens is 2. The number of urea groups is 1. The van der Waals surface area contributed by atoms with Crippen LogP contribution in [-0.2, 0) is 16.2 Å². The number of benzene rings is 1. The van der Waals surface area contributed by atoms with Crippen molar-refractivity contribution in [3.05, 3.63) is 45.9 Å². The second-order valence-electron chi connectivity index (χ2n) is 10.3. The van der Waals surface area contributed by atoms with Crippen LogP contribution in [0.3, 0.4) is 0 Å². The normalized spacial score (nSPS) is 26.4. The lowest BCUT2D eigenvalue weighted by atomic mass is 9.81. The molecular weight excluding hydrogens is 454 g/mol. The van der Waals surface area contributed by atoms with Crippen LogP contribution in [0, 0.1) is 0 Å². The number of hydroxylamine groups is 2. The van der Waals surface area contributed by atoms with E-state index in [9.17, 15) is 9.59 Å². The van der Waals surface area contributed by atoms with Crippen LogP contribution in [0.2, 0.25) is 0 Å². The molecule has 1 unspecified atom stereocenters. The van der Waals surface area contributed by atoms with Gasteiger partial charge in [-0.2, -0.15) is 5.06 Å². The Labute approximate surface area is 203 Å². The Bertz CT molecular complexity index is 1030. The lowest BCUT2D eigenvalue weighted by molar-refractivity contribution is -0.140. The molecule has 2 aromatic rings. The minimum absolute atomic E-state index is 0.0592. The van der Waals surface area contributed by atoms with E-state index in [0.29, 0.717) is 13.2 Å². The van der Waals surface area contributed by atoms with E-state index in [1.54, 1.807) is 16.4 Å². The Morgan fingerprint density at radius 2 is 1.88 bits per heavy atom. The van der Waals surface area contributed by atoms with Crippen molar-refractivity contribution in [2.24, 2.45) is 0 Å². The van der Waals surface area contributed by atoms with Gasteiger partial charge in [0.25, 0.3) is 0 Å².